The summed E-state index contributed by atoms with van der Waals surface area (Å²) in [4.78, 5) is 17.2. The average Bonchev–Trinajstić information content (AvgIpc) is 3.30. The molecule has 2 aromatic heterocycles. The van der Waals surface area contributed by atoms with Gasteiger partial charge in [-0.15, -0.1) is 0 Å². The van der Waals surface area contributed by atoms with E-state index in [0.29, 0.717) is 11.3 Å². The lowest BCUT2D eigenvalue weighted by molar-refractivity contribution is -0.144. The van der Waals surface area contributed by atoms with Gasteiger partial charge in [0.05, 0.1) is 17.3 Å². The monoisotopic (exact) mass is 440 g/mol. The van der Waals surface area contributed by atoms with Crippen LogP contribution in [0.3, 0.4) is 0 Å². The first-order valence-electron chi connectivity index (χ1n) is 8.45. The number of aromatic amines is 1. The van der Waals surface area contributed by atoms with Gasteiger partial charge in [-0.1, -0.05) is 11.6 Å². The number of hydrogen-bond donors (Lipinski definition) is 2. The van der Waals surface area contributed by atoms with E-state index in [-0.39, 0.29) is 17.1 Å². The number of rotatable bonds is 5. The van der Waals surface area contributed by atoms with Crippen molar-refractivity contribution in [2.24, 2.45) is 0 Å². The number of H-pyrrole nitrogens is 1. The van der Waals surface area contributed by atoms with Crippen LogP contribution in [0.5, 0.6) is 0 Å². The molecule has 30 heavy (non-hydrogen) atoms. The van der Waals surface area contributed by atoms with Crippen molar-refractivity contribution in [3.63, 3.8) is 0 Å². The van der Waals surface area contributed by atoms with E-state index in [1.54, 1.807) is 25.3 Å². The van der Waals surface area contributed by atoms with Gasteiger partial charge in [0, 0.05) is 24.0 Å². The molecule has 0 saturated carbocycles. The molecule has 1 aromatic carbocycles. The fraction of sp³-hybridized carbons (Fsp3) is 0.222. The molecule has 156 valence electrons. The number of imidazole rings is 1. The van der Waals surface area contributed by atoms with Crippen LogP contribution >= 0.6 is 11.6 Å². The van der Waals surface area contributed by atoms with Crippen LogP contribution in [-0.2, 0) is 12.7 Å². The standard InChI is InChI=1S/C18H13ClF4N6O/c1-9(26-16(30)15-7-25-17(27-15)18(21,22)23)8-29-3-2-14(28-29)10-4-12(19)11(6-24)13(20)5-10/h2-5,7,9H,8H2,1H3,(H,25,27)(H,26,30). The maximum Gasteiger partial charge on any atom is 0.449 e. The van der Waals surface area contributed by atoms with Gasteiger partial charge in [-0.3, -0.25) is 9.48 Å². The lowest BCUT2D eigenvalue weighted by Gasteiger charge is -2.13. The van der Waals surface area contributed by atoms with Crippen LogP contribution in [0.15, 0.2) is 30.6 Å². The topological polar surface area (TPSA) is 99.4 Å². The summed E-state index contributed by atoms with van der Waals surface area (Å²) in [7, 11) is 0. The van der Waals surface area contributed by atoms with Gasteiger partial charge < -0.3 is 10.3 Å². The summed E-state index contributed by atoms with van der Waals surface area (Å²) in [6.07, 6.45) is -2.22. The molecule has 0 aliphatic carbocycles. The number of amides is 1. The maximum atomic E-state index is 13.9. The smallest absolute Gasteiger partial charge is 0.346 e. The molecule has 0 saturated heterocycles. The number of nitrogens with zero attached hydrogens (tertiary/aromatic N) is 4. The summed E-state index contributed by atoms with van der Waals surface area (Å²) in [5, 5.41) is 15.6. The lowest BCUT2D eigenvalue weighted by atomic mass is 10.1. The SMILES string of the molecule is CC(Cn1ccc(-c2cc(F)c(C#N)c(Cl)c2)n1)NC(=O)c1c[nH]c(C(F)(F)F)n1. The first kappa shape index (κ1) is 21.3. The van der Waals surface area contributed by atoms with Gasteiger partial charge in [0.25, 0.3) is 5.91 Å². The zero-order chi connectivity index (χ0) is 22.1. The first-order valence-corrected chi connectivity index (χ1v) is 8.82. The van der Waals surface area contributed by atoms with Crippen molar-refractivity contribution in [1.82, 2.24) is 25.1 Å². The van der Waals surface area contributed by atoms with E-state index in [2.05, 4.69) is 15.4 Å². The minimum absolute atomic E-state index is 0.0417. The number of aromatic nitrogens is 4. The number of carbonyl (C=O) groups excluding carboxylic acids is 1. The molecule has 7 nitrogen and oxygen atoms in total. The van der Waals surface area contributed by atoms with Gasteiger partial charge in [-0.05, 0) is 25.1 Å². The zero-order valence-corrected chi connectivity index (χ0v) is 16.0. The molecule has 0 radical (unpaired) electrons. The highest BCUT2D eigenvalue weighted by molar-refractivity contribution is 6.32. The zero-order valence-electron chi connectivity index (χ0n) is 15.3. The Morgan fingerprint density at radius 2 is 2.17 bits per heavy atom. The highest BCUT2D eigenvalue weighted by atomic mass is 35.5. The van der Waals surface area contributed by atoms with E-state index in [1.165, 1.54) is 10.7 Å². The number of nitrogens with one attached hydrogen (secondary N) is 2. The van der Waals surface area contributed by atoms with Crippen molar-refractivity contribution in [2.45, 2.75) is 25.7 Å². The van der Waals surface area contributed by atoms with Gasteiger partial charge in [0.2, 0.25) is 5.82 Å². The second kappa shape index (κ2) is 8.16. The Balaban J connectivity index is 1.67. The van der Waals surface area contributed by atoms with E-state index in [9.17, 15) is 22.4 Å². The van der Waals surface area contributed by atoms with Crippen LogP contribution < -0.4 is 5.32 Å². The average molecular weight is 441 g/mol. The van der Waals surface area contributed by atoms with Crippen molar-refractivity contribution in [2.75, 3.05) is 0 Å². The summed E-state index contributed by atoms with van der Waals surface area (Å²) in [6.45, 7) is 1.82. The summed E-state index contributed by atoms with van der Waals surface area (Å²) >= 11 is 5.90. The molecule has 1 amide bonds. The summed E-state index contributed by atoms with van der Waals surface area (Å²) in [5.74, 6) is -2.81. The lowest BCUT2D eigenvalue weighted by Crippen LogP contribution is -2.36. The third-order valence-electron chi connectivity index (χ3n) is 4.01. The molecule has 3 aromatic rings. The van der Waals surface area contributed by atoms with Crippen LogP contribution in [0.25, 0.3) is 11.3 Å². The molecule has 0 spiro atoms. The molecule has 1 unspecified atom stereocenters. The second-order valence-electron chi connectivity index (χ2n) is 6.36. The molecule has 0 fully saturated rings. The number of halogens is 5. The van der Waals surface area contributed by atoms with Crippen molar-refractivity contribution < 1.29 is 22.4 Å². The van der Waals surface area contributed by atoms with Crippen molar-refractivity contribution in [1.29, 1.82) is 5.26 Å². The predicted octanol–water partition coefficient (Wildman–Crippen LogP) is 3.77. The quantitative estimate of drug-likeness (QED) is 0.590. The molecule has 3 rings (SSSR count). The van der Waals surface area contributed by atoms with Crippen LogP contribution in [-0.4, -0.2) is 31.7 Å². The van der Waals surface area contributed by atoms with Gasteiger partial charge in [0.1, 0.15) is 23.1 Å². The Bertz CT molecular complexity index is 1110. The summed E-state index contributed by atoms with van der Waals surface area (Å²) in [6, 6.07) is 5.31. The molecular weight excluding hydrogens is 428 g/mol. The maximum absolute atomic E-state index is 13.9. The first-order chi connectivity index (χ1) is 14.1. The van der Waals surface area contributed by atoms with E-state index in [4.69, 9.17) is 16.9 Å². The molecule has 0 aliphatic rings. The highest BCUT2D eigenvalue weighted by Gasteiger charge is 2.35. The Labute approximate surface area is 172 Å². The normalized spacial score (nSPS) is 12.4. The van der Waals surface area contributed by atoms with Gasteiger partial charge >= 0.3 is 6.18 Å². The van der Waals surface area contributed by atoms with Gasteiger partial charge in [0.15, 0.2) is 0 Å². The number of alkyl halides is 3. The Morgan fingerprint density at radius 1 is 1.43 bits per heavy atom. The Hall–Kier alpha value is -3.39. The van der Waals surface area contributed by atoms with Crippen LogP contribution in [0.4, 0.5) is 17.6 Å². The fourth-order valence-electron chi connectivity index (χ4n) is 2.65. The van der Waals surface area contributed by atoms with E-state index < -0.39 is 35.5 Å². The predicted molar refractivity (Wildman–Crippen MR) is 97.9 cm³/mol. The van der Waals surface area contributed by atoms with Crippen molar-refractivity contribution >= 4 is 17.5 Å². The number of carbonyl (C=O) groups is 1. The molecule has 2 heterocycles. The third kappa shape index (κ3) is 4.60. The highest BCUT2D eigenvalue weighted by Crippen LogP contribution is 2.27. The minimum atomic E-state index is -4.68. The summed E-state index contributed by atoms with van der Waals surface area (Å²) in [5.41, 5.74) is 0.102. The van der Waals surface area contributed by atoms with E-state index in [1.807, 2.05) is 4.98 Å². The molecule has 1 atom stereocenters. The van der Waals surface area contributed by atoms with Crippen molar-refractivity contribution in [3.8, 4) is 17.3 Å². The minimum Gasteiger partial charge on any atom is -0.346 e. The van der Waals surface area contributed by atoms with Crippen LogP contribution in [0.1, 0.15) is 28.8 Å². The molecule has 0 bridgehead atoms. The number of hydrogen-bond acceptors (Lipinski definition) is 4. The number of nitriles is 1. The fourth-order valence-corrected chi connectivity index (χ4v) is 2.90. The molecular formula is C18H13ClF4N6O. The second-order valence-corrected chi connectivity index (χ2v) is 6.76. The largest absolute Gasteiger partial charge is 0.449 e. The number of benzene rings is 1. The van der Waals surface area contributed by atoms with Crippen LogP contribution in [0.2, 0.25) is 5.02 Å². The third-order valence-corrected chi connectivity index (χ3v) is 4.31. The van der Waals surface area contributed by atoms with Crippen molar-refractivity contribution in [3.05, 3.63) is 58.5 Å². The Kier molecular flexibility index (Phi) is 5.80. The molecule has 12 heteroatoms. The van der Waals surface area contributed by atoms with Gasteiger partial charge in [-0.25, -0.2) is 9.37 Å². The van der Waals surface area contributed by atoms with E-state index >= 15 is 0 Å². The Morgan fingerprint density at radius 3 is 2.77 bits per heavy atom. The molecule has 0 aliphatic heterocycles. The molecule has 2 N–H and O–H groups in total. The van der Waals surface area contributed by atoms with E-state index in [0.717, 1.165) is 12.3 Å². The van der Waals surface area contributed by atoms with Gasteiger partial charge in [-0.2, -0.15) is 23.5 Å². The van der Waals surface area contributed by atoms with Crippen LogP contribution in [0, 0.1) is 17.1 Å². The summed E-state index contributed by atoms with van der Waals surface area (Å²) < 4.78 is 53.1.